The minimum absolute atomic E-state index is 0.133. The fourth-order valence-electron chi connectivity index (χ4n) is 1.21. The van der Waals surface area contributed by atoms with Gasteiger partial charge in [0.25, 0.3) is 0 Å². The Hall–Kier alpha value is -1.55. The first-order valence-corrected chi connectivity index (χ1v) is 4.58. The van der Waals surface area contributed by atoms with E-state index >= 15 is 0 Å². The standard InChI is InChI=1S/C10H13N3O2/c1-7-2-4-8(5-3-7)10(15)9(14)6-12-13-11/h2-5,9-10,14-15H,6H2,1H3. The zero-order chi connectivity index (χ0) is 11.3. The van der Waals surface area contributed by atoms with Crippen LogP contribution in [0.1, 0.15) is 17.2 Å². The molecule has 0 amide bonds. The molecule has 0 saturated heterocycles. The molecule has 0 aliphatic rings. The highest BCUT2D eigenvalue weighted by atomic mass is 16.3. The van der Waals surface area contributed by atoms with Gasteiger partial charge in [-0.15, -0.1) is 0 Å². The highest BCUT2D eigenvalue weighted by Gasteiger charge is 2.16. The predicted molar refractivity (Wildman–Crippen MR) is 56.2 cm³/mol. The second-order valence-corrected chi connectivity index (χ2v) is 3.34. The van der Waals surface area contributed by atoms with Crippen LogP contribution in [0.3, 0.4) is 0 Å². The Morgan fingerprint density at radius 1 is 1.33 bits per heavy atom. The Kier molecular flexibility index (Phi) is 4.12. The highest BCUT2D eigenvalue weighted by molar-refractivity contribution is 5.23. The van der Waals surface area contributed by atoms with E-state index in [1.807, 2.05) is 19.1 Å². The van der Waals surface area contributed by atoms with Gasteiger partial charge in [-0.25, -0.2) is 0 Å². The molecule has 1 rings (SSSR count). The molecule has 2 N–H and O–H groups in total. The number of aryl methyl sites for hydroxylation is 1. The van der Waals surface area contributed by atoms with Crippen molar-refractivity contribution in [2.45, 2.75) is 19.1 Å². The summed E-state index contributed by atoms with van der Waals surface area (Å²) in [6.07, 6.45) is -2.08. The topological polar surface area (TPSA) is 89.2 Å². The van der Waals surface area contributed by atoms with Crippen LogP contribution in [0.15, 0.2) is 29.4 Å². The maximum Gasteiger partial charge on any atom is 0.105 e. The van der Waals surface area contributed by atoms with Crippen LogP contribution in [0.2, 0.25) is 0 Å². The number of azide groups is 1. The van der Waals surface area contributed by atoms with Gasteiger partial charge in [-0.3, -0.25) is 0 Å². The molecule has 15 heavy (non-hydrogen) atoms. The van der Waals surface area contributed by atoms with Crippen molar-refractivity contribution in [1.29, 1.82) is 0 Å². The largest absolute Gasteiger partial charge is 0.390 e. The first kappa shape index (κ1) is 11.5. The first-order valence-electron chi connectivity index (χ1n) is 4.58. The van der Waals surface area contributed by atoms with Crippen LogP contribution in [0.4, 0.5) is 0 Å². The summed E-state index contributed by atoms with van der Waals surface area (Å²) in [6.45, 7) is 1.80. The van der Waals surface area contributed by atoms with E-state index in [1.54, 1.807) is 12.1 Å². The summed E-state index contributed by atoms with van der Waals surface area (Å²) >= 11 is 0. The van der Waals surface area contributed by atoms with Gasteiger partial charge in [0.15, 0.2) is 0 Å². The zero-order valence-electron chi connectivity index (χ0n) is 8.41. The van der Waals surface area contributed by atoms with Gasteiger partial charge in [0.2, 0.25) is 0 Å². The third-order valence-corrected chi connectivity index (χ3v) is 2.12. The average molecular weight is 207 g/mol. The van der Waals surface area contributed by atoms with Crippen LogP contribution < -0.4 is 0 Å². The Labute approximate surface area is 87.6 Å². The number of benzene rings is 1. The fourth-order valence-corrected chi connectivity index (χ4v) is 1.21. The van der Waals surface area contributed by atoms with Gasteiger partial charge < -0.3 is 10.2 Å². The van der Waals surface area contributed by atoms with Crippen molar-refractivity contribution in [1.82, 2.24) is 0 Å². The lowest BCUT2D eigenvalue weighted by Gasteiger charge is -2.16. The lowest BCUT2D eigenvalue weighted by atomic mass is 10.0. The molecule has 2 unspecified atom stereocenters. The van der Waals surface area contributed by atoms with Gasteiger partial charge >= 0.3 is 0 Å². The van der Waals surface area contributed by atoms with E-state index < -0.39 is 12.2 Å². The van der Waals surface area contributed by atoms with Crippen LogP contribution in [-0.4, -0.2) is 22.9 Å². The molecule has 1 aromatic rings. The fraction of sp³-hybridized carbons (Fsp3) is 0.400. The Morgan fingerprint density at radius 2 is 1.93 bits per heavy atom. The van der Waals surface area contributed by atoms with Crippen molar-refractivity contribution in [3.63, 3.8) is 0 Å². The van der Waals surface area contributed by atoms with Crippen LogP contribution in [0.25, 0.3) is 10.4 Å². The number of aliphatic hydroxyl groups excluding tert-OH is 2. The number of aliphatic hydroxyl groups is 2. The lowest BCUT2D eigenvalue weighted by Crippen LogP contribution is -2.21. The highest BCUT2D eigenvalue weighted by Crippen LogP contribution is 2.17. The summed E-state index contributed by atoms with van der Waals surface area (Å²) in [4.78, 5) is 2.52. The maximum absolute atomic E-state index is 9.67. The molecule has 80 valence electrons. The number of nitrogens with zero attached hydrogens (tertiary/aromatic N) is 3. The van der Waals surface area contributed by atoms with Crippen molar-refractivity contribution in [3.05, 3.63) is 45.8 Å². The van der Waals surface area contributed by atoms with Crippen molar-refractivity contribution >= 4 is 0 Å². The molecule has 5 heteroatoms. The van der Waals surface area contributed by atoms with Crippen molar-refractivity contribution in [3.8, 4) is 0 Å². The van der Waals surface area contributed by atoms with Gasteiger partial charge in [-0.2, -0.15) is 0 Å². The summed E-state index contributed by atoms with van der Waals surface area (Å²) in [5.74, 6) is 0. The molecule has 0 spiro atoms. The molecule has 2 atom stereocenters. The third-order valence-electron chi connectivity index (χ3n) is 2.12. The molecule has 0 aliphatic carbocycles. The van der Waals surface area contributed by atoms with Crippen molar-refractivity contribution in [2.75, 3.05) is 6.54 Å². The maximum atomic E-state index is 9.67. The first-order chi connectivity index (χ1) is 7.15. The quantitative estimate of drug-likeness (QED) is 0.447. The molecule has 0 saturated carbocycles. The predicted octanol–water partition coefficient (Wildman–Crippen LogP) is 1.70. The van der Waals surface area contributed by atoms with E-state index in [0.29, 0.717) is 5.56 Å². The van der Waals surface area contributed by atoms with E-state index in [2.05, 4.69) is 10.0 Å². The second kappa shape index (κ2) is 5.36. The minimum Gasteiger partial charge on any atom is -0.390 e. The summed E-state index contributed by atoms with van der Waals surface area (Å²) < 4.78 is 0. The second-order valence-electron chi connectivity index (χ2n) is 3.34. The molecular weight excluding hydrogens is 194 g/mol. The normalized spacial score (nSPS) is 14.1. The van der Waals surface area contributed by atoms with Gasteiger partial charge in [-0.05, 0) is 18.0 Å². The molecule has 0 aromatic heterocycles. The van der Waals surface area contributed by atoms with E-state index in [9.17, 15) is 10.2 Å². The van der Waals surface area contributed by atoms with Gasteiger partial charge in [0, 0.05) is 4.91 Å². The summed E-state index contributed by atoms with van der Waals surface area (Å²) in [5, 5.41) is 22.3. The monoisotopic (exact) mass is 207 g/mol. The number of hydrogen-bond acceptors (Lipinski definition) is 3. The van der Waals surface area contributed by atoms with Crippen LogP contribution in [-0.2, 0) is 0 Å². The molecule has 0 bridgehead atoms. The SMILES string of the molecule is Cc1ccc(C(O)C(O)CN=[N+]=[N-])cc1. The molecule has 1 aromatic carbocycles. The van der Waals surface area contributed by atoms with E-state index in [1.165, 1.54) is 0 Å². The summed E-state index contributed by atoms with van der Waals surface area (Å²) in [5.41, 5.74) is 9.76. The smallest absolute Gasteiger partial charge is 0.105 e. The molecule has 0 heterocycles. The average Bonchev–Trinajstić information content (AvgIpc) is 2.26. The van der Waals surface area contributed by atoms with Gasteiger partial charge in [0.05, 0.1) is 12.6 Å². The van der Waals surface area contributed by atoms with Crippen molar-refractivity contribution < 1.29 is 10.2 Å². The molecule has 0 aliphatic heterocycles. The lowest BCUT2D eigenvalue weighted by molar-refractivity contribution is 0.0244. The Balaban J connectivity index is 2.70. The van der Waals surface area contributed by atoms with Crippen LogP contribution in [0.5, 0.6) is 0 Å². The molecular formula is C10H13N3O2. The molecule has 0 radical (unpaired) electrons. The molecule has 5 nitrogen and oxygen atoms in total. The molecule has 0 fully saturated rings. The van der Waals surface area contributed by atoms with E-state index in [4.69, 9.17) is 5.53 Å². The Bertz CT molecular complexity index is 357. The third kappa shape index (κ3) is 3.25. The van der Waals surface area contributed by atoms with Gasteiger partial charge in [-0.1, -0.05) is 34.9 Å². The van der Waals surface area contributed by atoms with E-state index in [0.717, 1.165) is 5.56 Å². The summed E-state index contributed by atoms with van der Waals surface area (Å²) in [6, 6.07) is 7.16. The Morgan fingerprint density at radius 3 is 2.47 bits per heavy atom. The number of hydrogen-bond donors (Lipinski definition) is 2. The van der Waals surface area contributed by atoms with Crippen LogP contribution in [0, 0.1) is 6.92 Å². The van der Waals surface area contributed by atoms with Gasteiger partial charge in [0.1, 0.15) is 6.10 Å². The van der Waals surface area contributed by atoms with E-state index in [-0.39, 0.29) is 6.54 Å². The number of rotatable bonds is 4. The zero-order valence-corrected chi connectivity index (χ0v) is 8.41. The summed E-state index contributed by atoms with van der Waals surface area (Å²) in [7, 11) is 0. The van der Waals surface area contributed by atoms with Crippen molar-refractivity contribution in [2.24, 2.45) is 5.11 Å². The van der Waals surface area contributed by atoms with Crippen LogP contribution >= 0.6 is 0 Å². The minimum atomic E-state index is -1.07.